The lowest BCUT2D eigenvalue weighted by Gasteiger charge is -2.15. The van der Waals surface area contributed by atoms with Crippen LogP contribution in [0.2, 0.25) is 0 Å². The van der Waals surface area contributed by atoms with E-state index in [1.807, 2.05) is 17.8 Å². The van der Waals surface area contributed by atoms with Crippen LogP contribution >= 0.6 is 0 Å². The highest BCUT2D eigenvalue weighted by molar-refractivity contribution is 5.67. The summed E-state index contributed by atoms with van der Waals surface area (Å²) in [6.45, 7) is 6.38. The fraction of sp³-hybridized carbons (Fsp3) is 0.400. The summed E-state index contributed by atoms with van der Waals surface area (Å²) in [6.07, 6.45) is 1.95. The second-order valence-electron chi connectivity index (χ2n) is 5.16. The van der Waals surface area contributed by atoms with Crippen LogP contribution in [0.15, 0.2) is 18.3 Å². The molecule has 19 heavy (non-hydrogen) atoms. The molecule has 102 valence electrons. The van der Waals surface area contributed by atoms with Gasteiger partial charge in [-0.2, -0.15) is 0 Å². The van der Waals surface area contributed by atoms with E-state index < -0.39 is 0 Å². The van der Waals surface area contributed by atoms with Crippen LogP contribution in [0.4, 0.5) is 5.95 Å². The number of aryl methyl sites for hydroxylation is 2. The van der Waals surface area contributed by atoms with Gasteiger partial charge >= 0.3 is 0 Å². The molecule has 0 radical (unpaired) electrons. The average molecular weight is 259 g/mol. The predicted molar refractivity (Wildman–Crippen MR) is 78.4 cm³/mol. The second kappa shape index (κ2) is 4.96. The van der Waals surface area contributed by atoms with Gasteiger partial charge in [0.05, 0.1) is 12.8 Å². The summed E-state index contributed by atoms with van der Waals surface area (Å²) in [7, 11) is 3.60. The van der Waals surface area contributed by atoms with E-state index in [-0.39, 0.29) is 0 Å². The predicted octanol–water partition coefficient (Wildman–Crippen LogP) is 3.11. The molecule has 0 bridgehead atoms. The van der Waals surface area contributed by atoms with Crippen LogP contribution in [0, 0.1) is 6.92 Å². The fourth-order valence-corrected chi connectivity index (χ4v) is 2.21. The highest BCUT2D eigenvalue weighted by atomic mass is 16.5. The maximum Gasteiger partial charge on any atom is 0.200 e. The fourth-order valence-electron chi connectivity index (χ4n) is 2.21. The summed E-state index contributed by atoms with van der Waals surface area (Å²) in [5, 5.41) is 0. The maximum atomic E-state index is 5.81. The Kier molecular flexibility index (Phi) is 3.51. The Labute approximate surface area is 114 Å². The van der Waals surface area contributed by atoms with Crippen LogP contribution < -0.4 is 10.5 Å². The number of rotatable bonds is 3. The topological polar surface area (TPSA) is 53.1 Å². The van der Waals surface area contributed by atoms with Gasteiger partial charge in [-0.05, 0) is 36.1 Å². The van der Waals surface area contributed by atoms with Gasteiger partial charge in [0.2, 0.25) is 0 Å². The standard InChI is InChI=1S/C15H21N3O/c1-9(2)11-7-12(10(3)6-14(11)19-5)13-8-18(4)15(16)17-13/h6-9H,1-5H3,(H2,16,17). The minimum Gasteiger partial charge on any atom is -0.496 e. The molecule has 0 saturated heterocycles. The molecule has 0 atom stereocenters. The Bertz CT molecular complexity index is 580. The third-order valence-corrected chi connectivity index (χ3v) is 3.39. The number of ether oxygens (including phenoxy) is 1. The first-order valence-corrected chi connectivity index (χ1v) is 6.41. The zero-order chi connectivity index (χ0) is 14.2. The van der Waals surface area contributed by atoms with Crippen molar-refractivity contribution in [3.8, 4) is 17.0 Å². The number of nitrogen functional groups attached to an aromatic ring is 1. The van der Waals surface area contributed by atoms with Gasteiger partial charge in [-0.25, -0.2) is 4.98 Å². The molecule has 1 heterocycles. The SMILES string of the molecule is COc1cc(C)c(-c2cn(C)c(N)n2)cc1C(C)C. The van der Waals surface area contributed by atoms with E-state index in [2.05, 4.69) is 37.9 Å². The molecule has 4 heteroatoms. The largest absolute Gasteiger partial charge is 0.496 e. The molecule has 0 unspecified atom stereocenters. The molecule has 0 spiro atoms. The van der Waals surface area contributed by atoms with Crippen LogP contribution in [0.25, 0.3) is 11.3 Å². The Morgan fingerprint density at radius 2 is 2.00 bits per heavy atom. The van der Waals surface area contributed by atoms with E-state index in [4.69, 9.17) is 10.5 Å². The second-order valence-corrected chi connectivity index (χ2v) is 5.16. The first-order valence-electron chi connectivity index (χ1n) is 6.41. The molecule has 0 amide bonds. The zero-order valence-corrected chi connectivity index (χ0v) is 12.2. The van der Waals surface area contributed by atoms with Crippen LogP contribution in [0.5, 0.6) is 5.75 Å². The normalized spacial score (nSPS) is 11.1. The van der Waals surface area contributed by atoms with Gasteiger partial charge in [-0.3, -0.25) is 0 Å². The monoisotopic (exact) mass is 259 g/mol. The summed E-state index contributed by atoms with van der Waals surface area (Å²) in [4.78, 5) is 4.40. The van der Waals surface area contributed by atoms with Gasteiger partial charge in [-0.15, -0.1) is 0 Å². The van der Waals surface area contributed by atoms with Crippen molar-refractivity contribution < 1.29 is 4.74 Å². The van der Waals surface area contributed by atoms with Crippen LogP contribution in [0.1, 0.15) is 30.9 Å². The highest BCUT2D eigenvalue weighted by Gasteiger charge is 2.14. The van der Waals surface area contributed by atoms with Gasteiger partial charge < -0.3 is 15.0 Å². The summed E-state index contributed by atoms with van der Waals surface area (Å²) in [5.74, 6) is 1.85. The summed E-state index contributed by atoms with van der Waals surface area (Å²) < 4.78 is 7.28. The number of benzene rings is 1. The number of hydrogen-bond acceptors (Lipinski definition) is 3. The van der Waals surface area contributed by atoms with Crippen LogP contribution in [-0.2, 0) is 7.05 Å². The third-order valence-electron chi connectivity index (χ3n) is 3.39. The molecule has 1 aromatic heterocycles. The molecule has 0 aliphatic heterocycles. The van der Waals surface area contributed by atoms with Crippen molar-refractivity contribution in [2.24, 2.45) is 7.05 Å². The number of aromatic nitrogens is 2. The molecule has 0 aliphatic carbocycles. The number of nitrogens with zero attached hydrogens (tertiary/aromatic N) is 2. The summed E-state index contributed by atoms with van der Waals surface area (Å²) >= 11 is 0. The van der Waals surface area contributed by atoms with Gasteiger partial charge in [0.25, 0.3) is 0 Å². The molecule has 2 rings (SSSR count). The molecule has 0 fully saturated rings. The number of methoxy groups -OCH3 is 1. The zero-order valence-electron chi connectivity index (χ0n) is 12.2. The molecule has 2 aromatic rings. The van der Waals surface area contributed by atoms with Crippen molar-refractivity contribution in [1.29, 1.82) is 0 Å². The van der Waals surface area contributed by atoms with Gasteiger partial charge in [0, 0.05) is 18.8 Å². The van der Waals surface area contributed by atoms with E-state index in [0.717, 1.165) is 22.6 Å². The summed E-state index contributed by atoms with van der Waals surface area (Å²) in [5.41, 5.74) is 10.1. The summed E-state index contributed by atoms with van der Waals surface area (Å²) in [6, 6.07) is 4.22. The first-order chi connectivity index (χ1) is 8.93. The minimum atomic E-state index is 0.398. The lowest BCUT2D eigenvalue weighted by Crippen LogP contribution is -1.97. The Morgan fingerprint density at radius 1 is 1.32 bits per heavy atom. The molecular formula is C15H21N3O. The van der Waals surface area contributed by atoms with Crippen molar-refractivity contribution in [2.75, 3.05) is 12.8 Å². The number of imidazole rings is 1. The van der Waals surface area contributed by atoms with Gasteiger partial charge in [0.1, 0.15) is 5.75 Å². The molecule has 0 saturated carbocycles. The van der Waals surface area contributed by atoms with Gasteiger partial charge in [0.15, 0.2) is 5.95 Å². The number of nitrogens with two attached hydrogens (primary N) is 1. The van der Waals surface area contributed by atoms with Gasteiger partial charge in [-0.1, -0.05) is 13.8 Å². The molecular weight excluding hydrogens is 238 g/mol. The third kappa shape index (κ3) is 2.43. The number of hydrogen-bond donors (Lipinski definition) is 1. The first kappa shape index (κ1) is 13.5. The maximum absolute atomic E-state index is 5.81. The molecule has 2 N–H and O–H groups in total. The number of anilines is 1. The Balaban J connectivity index is 2.60. The van der Waals surface area contributed by atoms with Crippen molar-refractivity contribution in [3.63, 3.8) is 0 Å². The van der Waals surface area contributed by atoms with Crippen molar-refractivity contribution in [2.45, 2.75) is 26.7 Å². The molecule has 0 aliphatic rings. The van der Waals surface area contributed by atoms with Crippen LogP contribution in [0.3, 0.4) is 0 Å². The molecule has 1 aromatic carbocycles. The van der Waals surface area contributed by atoms with E-state index in [1.54, 1.807) is 7.11 Å². The smallest absolute Gasteiger partial charge is 0.200 e. The van der Waals surface area contributed by atoms with Crippen molar-refractivity contribution in [3.05, 3.63) is 29.5 Å². The Morgan fingerprint density at radius 3 is 2.47 bits per heavy atom. The lowest BCUT2D eigenvalue weighted by atomic mass is 9.95. The quantitative estimate of drug-likeness (QED) is 0.921. The lowest BCUT2D eigenvalue weighted by molar-refractivity contribution is 0.407. The average Bonchev–Trinajstić information content (AvgIpc) is 2.68. The minimum absolute atomic E-state index is 0.398. The molecule has 4 nitrogen and oxygen atoms in total. The van der Waals surface area contributed by atoms with E-state index in [0.29, 0.717) is 11.9 Å². The van der Waals surface area contributed by atoms with E-state index in [1.165, 1.54) is 5.56 Å². The van der Waals surface area contributed by atoms with Crippen LogP contribution in [-0.4, -0.2) is 16.7 Å². The Hall–Kier alpha value is -1.97. The van der Waals surface area contributed by atoms with E-state index in [9.17, 15) is 0 Å². The van der Waals surface area contributed by atoms with E-state index >= 15 is 0 Å². The highest BCUT2D eigenvalue weighted by Crippen LogP contribution is 2.34. The van der Waals surface area contributed by atoms with Crippen molar-refractivity contribution in [1.82, 2.24) is 9.55 Å². The van der Waals surface area contributed by atoms with Crippen molar-refractivity contribution >= 4 is 5.95 Å².